The van der Waals surface area contributed by atoms with Gasteiger partial charge >= 0.3 is 0 Å². The highest BCUT2D eigenvalue weighted by molar-refractivity contribution is 5.49. The maximum atomic E-state index is 10.1. The highest BCUT2D eigenvalue weighted by Gasteiger charge is 2.26. The number of methoxy groups -OCH3 is 2. The summed E-state index contributed by atoms with van der Waals surface area (Å²) in [4.78, 5) is 2.35. The summed E-state index contributed by atoms with van der Waals surface area (Å²) in [5.41, 5.74) is 3.70. The number of aromatic hydroxyl groups is 1. The Labute approximate surface area is 137 Å². The Bertz CT molecular complexity index is 682. The molecule has 0 radical (unpaired) electrons. The van der Waals surface area contributed by atoms with Crippen LogP contribution in [0.25, 0.3) is 0 Å². The molecule has 1 N–H and O–H groups in total. The molecule has 4 nitrogen and oxygen atoms in total. The smallest absolute Gasteiger partial charge is 0.160 e. The van der Waals surface area contributed by atoms with Crippen molar-refractivity contribution in [1.29, 1.82) is 0 Å². The van der Waals surface area contributed by atoms with E-state index in [-0.39, 0.29) is 11.8 Å². The third-order valence-electron chi connectivity index (χ3n) is 4.65. The molecule has 1 aliphatic heterocycles. The second-order valence-electron chi connectivity index (χ2n) is 6.02. The monoisotopic (exact) mass is 313 g/mol. The molecular formula is C19H23NO3. The van der Waals surface area contributed by atoms with E-state index in [1.807, 2.05) is 24.3 Å². The quantitative estimate of drug-likeness (QED) is 0.941. The van der Waals surface area contributed by atoms with Crippen LogP contribution in [0.2, 0.25) is 0 Å². The van der Waals surface area contributed by atoms with Gasteiger partial charge in [-0.3, -0.25) is 4.90 Å². The number of benzene rings is 2. The van der Waals surface area contributed by atoms with Crippen LogP contribution in [0, 0.1) is 0 Å². The predicted octanol–water partition coefficient (Wildman–Crippen LogP) is 3.18. The molecule has 1 atom stereocenters. The van der Waals surface area contributed by atoms with Gasteiger partial charge in [-0.25, -0.2) is 0 Å². The van der Waals surface area contributed by atoms with Crippen molar-refractivity contribution in [2.24, 2.45) is 0 Å². The van der Waals surface area contributed by atoms with Crippen LogP contribution in [-0.2, 0) is 12.8 Å². The van der Waals surface area contributed by atoms with Crippen molar-refractivity contribution in [2.45, 2.75) is 18.9 Å². The molecule has 0 unspecified atom stereocenters. The van der Waals surface area contributed by atoms with Gasteiger partial charge in [0.15, 0.2) is 11.5 Å². The first-order chi connectivity index (χ1) is 11.1. The van der Waals surface area contributed by atoms with Crippen molar-refractivity contribution < 1.29 is 14.6 Å². The molecule has 0 saturated carbocycles. The summed E-state index contributed by atoms with van der Waals surface area (Å²) in [5.74, 6) is 1.63. The molecule has 3 rings (SSSR count). The van der Waals surface area contributed by atoms with Crippen LogP contribution in [0.4, 0.5) is 0 Å². The number of fused-ring (bicyclic) bond motifs is 1. The number of hydrogen-bond donors (Lipinski definition) is 1. The molecule has 23 heavy (non-hydrogen) atoms. The summed E-state index contributed by atoms with van der Waals surface area (Å²) in [6.07, 6.45) is 1.88. The maximum Gasteiger partial charge on any atom is 0.160 e. The van der Waals surface area contributed by atoms with E-state index in [4.69, 9.17) is 9.47 Å². The molecule has 0 amide bonds. The minimum Gasteiger partial charge on any atom is -0.504 e. The van der Waals surface area contributed by atoms with Gasteiger partial charge in [-0.15, -0.1) is 0 Å². The summed E-state index contributed by atoms with van der Waals surface area (Å²) in [7, 11) is 5.40. The third kappa shape index (κ3) is 3.13. The van der Waals surface area contributed by atoms with Gasteiger partial charge in [0, 0.05) is 12.6 Å². The minimum atomic E-state index is 0.210. The molecule has 2 aromatic rings. The van der Waals surface area contributed by atoms with Crippen LogP contribution in [0.5, 0.6) is 17.2 Å². The molecular weight excluding hydrogens is 290 g/mol. The zero-order chi connectivity index (χ0) is 16.4. The summed E-state index contributed by atoms with van der Waals surface area (Å²) >= 11 is 0. The summed E-state index contributed by atoms with van der Waals surface area (Å²) in [5, 5.41) is 10.1. The van der Waals surface area contributed by atoms with Gasteiger partial charge in [-0.05, 0) is 60.8 Å². The average Bonchev–Trinajstić information content (AvgIpc) is 2.58. The highest BCUT2D eigenvalue weighted by Crippen LogP contribution is 2.38. The number of rotatable bonds is 4. The van der Waals surface area contributed by atoms with Gasteiger partial charge < -0.3 is 14.6 Å². The number of likely N-dealkylation sites (N-methyl/N-ethyl adjacent to an activating group) is 1. The molecule has 0 aliphatic carbocycles. The van der Waals surface area contributed by atoms with Gasteiger partial charge in [0.25, 0.3) is 0 Å². The third-order valence-corrected chi connectivity index (χ3v) is 4.65. The van der Waals surface area contributed by atoms with Gasteiger partial charge in [-0.1, -0.05) is 12.1 Å². The number of ether oxygens (including phenoxy) is 2. The van der Waals surface area contributed by atoms with Gasteiger partial charge in [0.05, 0.1) is 14.2 Å². The average molecular weight is 313 g/mol. The molecule has 122 valence electrons. The number of nitrogens with zero attached hydrogens (tertiary/aromatic N) is 1. The lowest BCUT2D eigenvalue weighted by molar-refractivity contribution is 0.228. The predicted molar refractivity (Wildman–Crippen MR) is 90.4 cm³/mol. The van der Waals surface area contributed by atoms with Crippen LogP contribution in [-0.4, -0.2) is 37.8 Å². The molecule has 1 heterocycles. The Kier molecular flexibility index (Phi) is 4.44. The van der Waals surface area contributed by atoms with Crippen molar-refractivity contribution in [3.05, 3.63) is 53.1 Å². The molecule has 4 heteroatoms. The number of phenolic OH excluding ortho intramolecular Hbond substituents is 1. The fourth-order valence-corrected chi connectivity index (χ4v) is 3.26. The largest absolute Gasteiger partial charge is 0.504 e. The van der Waals surface area contributed by atoms with Crippen molar-refractivity contribution in [1.82, 2.24) is 4.90 Å². The number of hydrogen-bond acceptors (Lipinski definition) is 4. The normalized spacial score (nSPS) is 17.6. The second kappa shape index (κ2) is 6.50. The van der Waals surface area contributed by atoms with E-state index in [1.54, 1.807) is 14.2 Å². The fraction of sp³-hybridized carbons (Fsp3) is 0.368. The molecule has 1 aliphatic rings. The first-order valence-electron chi connectivity index (χ1n) is 7.85. The van der Waals surface area contributed by atoms with Crippen molar-refractivity contribution in [3.8, 4) is 17.2 Å². The van der Waals surface area contributed by atoms with Crippen molar-refractivity contribution >= 4 is 0 Å². The molecule has 0 spiro atoms. The SMILES string of the molecule is COc1ccc(C[C@H]2c3cc(O)c(OC)cc3CCN2C)cc1. The van der Waals surface area contributed by atoms with Crippen LogP contribution < -0.4 is 9.47 Å². The molecule has 0 bridgehead atoms. The molecule has 0 saturated heterocycles. The summed E-state index contributed by atoms with van der Waals surface area (Å²) in [6, 6.07) is 12.3. The molecule has 2 aromatic carbocycles. The van der Waals surface area contributed by atoms with E-state index >= 15 is 0 Å². The van der Waals surface area contributed by atoms with Crippen molar-refractivity contribution in [2.75, 3.05) is 27.8 Å². The van der Waals surface area contributed by atoms with Gasteiger partial charge in [0.1, 0.15) is 5.75 Å². The van der Waals surface area contributed by atoms with Crippen LogP contribution in [0.15, 0.2) is 36.4 Å². The van der Waals surface area contributed by atoms with Gasteiger partial charge in [-0.2, -0.15) is 0 Å². The minimum absolute atomic E-state index is 0.210. The summed E-state index contributed by atoms with van der Waals surface area (Å²) < 4.78 is 10.5. The van der Waals surface area contributed by atoms with E-state index < -0.39 is 0 Å². The summed E-state index contributed by atoms with van der Waals surface area (Å²) in [6.45, 7) is 1.00. The Morgan fingerprint density at radius 1 is 1.13 bits per heavy atom. The van der Waals surface area contributed by atoms with Crippen LogP contribution >= 0.6 is 0 Å². The zero-order valence-corrected chi connectivity index (χ0v) is 13.9. The first-order valence-corrected chi connectivity index (χ1v) is 7.85. The van der Waals surface area contributed by atoms with Crippen LogP contribution in [0.3, 0.4) is 0 Å². The lowest BCUT2D eigenvalue weighted by Gasteiger charge is -2.35. The van der Waals surface area contributed by atoms with E-state index in [9.17, 15) is 5.11 Å². The Morgan fingerprint density at radius 2 is 1.87 bits per heavy atom. The second-order valence-corrected chi connectivity index (χ2v) is 6.02. The van der Waals surface area contributed by atoms with E-state index in [0.29, 0.717) is 5.75 Å². The topological polar surface area (TPSA) is 41.9 Å². The van der Waals surface area contributed by atoms with E-state index in [0.717, 1.165) is 25.1 Å². The van der Waals surface area contributed by atoms with E-state index in [1.165, 1.54) is 16.7 Å². The lowest BCUT2D eigenvalue weighted by Crippen LogP contribution is -2.33. The van der Waals surface area contributed by atoms with Gasteiger partial charge in [0.2, 0.25) is 0 Å². The first kappa shape index (κ1) is 15.7. The molecule has 0 aromatic heterocycles. The Morgan fingerprint density at radius 3 is 2.52 bits per heavy atom. The highest BCUT2D eigenvalue weighted by atomic mass is 16.5. The lowest BCUT2D eigenvalue weighted by atomic mass is 9.88. The Balaban J connectivity index is 1.91. The zero-order valence-electron chi connectivity index (χ0n) is 13.9. The standard InChI is InChI=1S/C19H23NO3/c1-20-9-8-14-11-19(23-3)18(21)12-16(14)17(20)10-13-4-6-15(22-2)7-5-13/h4-7,11-12,17,21H,8-10H2,1-3H3/t17-/m0/s1. The Hall–Kier alpha value is -2.20. The number of phenols is 1. The maximum absolute atomic E-state index is 10.1. The van der Waals surface area contributed by atoms with Crippen LogP contribution in [0.1, 0.15) is 22.7 Å². The molecule has 0 fully saturated rings. The van der Waals surface area contributed by atoms with E-state index in [2.05, 4.69) is 24.1 Å². The fourth-order valence-electron chi connectivity index (χ4n) is 3.26. The van der Waals surface area contributed by atoms with Crippen molar-refractivity contribution in [3.63, 3.8) is 0 Å².